The van der Waals surface area contributed by atoms with Gasteiger partial charge in [0.2, 0.25) is 4.89 Å². The summed E-state index contributed by atoms with van der Waals surface area (Å²) in [7, 11) is -2.57. The van der Waals surface area contributed by atoms with Crippen molar-refractivity contribution >= 4 is 46.5 Å². The van der Waals surface area contributed by atoms with Gasteiger partial charge in [-0.15, -0.1) is 0 Å². The molecule has 0 aromatic heterocycles. The minimum atomic E-state index is -4.38. The van der Waals surface area contributed by atoms with Crippen LogP contribution in [0.15, 0.2) is 4.52 Å². The third-order valence-electron chi connectivity index (χ3n) is 0.864. The second-order valence-electron chi connectivity index (χ2n) is 2.71. The van der Waals surface area contributed by atoms with Crippen LogP contribution in [0.5, 0.6) is 0 Å². The molecule has 0 aliphatic rings. The molecule has 0 unspecified atom stereocenters. The van der Waals surface area contributed by atoms with Crippen molar-refractivity contribution in [2.24, 2.45) is 4.52 Å². The molecule has 0 rings (SSSR count). The highest BCUT2D eigenvalue weighted by atomic mass is 35.9. The van der Waals surface area contributed by atoms with Gasteiger partial charge in [0.1, 0.15) is 6.61 Å². The highest BCUT2D eigenvalue weighted by Crippen LogP contribution is 2.66. The maximum atomic E-state index is 11.8. The van der Waals surface area contributed by atoms with Crippen molar-refractivity contribution in [1.29, 1.82) is 0 Å². The molecule has 0 heterocycles. The van der Waals surface area contributed by atoms with E-state index in [9.17, 15) is 13.2 Å². The van der Waals surface area contributed by atoms with Crippen molar-refractivity contribution in [1.82, 2.24) is 0 Å². The van der Waals surface area contributed by atoms with Gasteiger partial charge in [0.15, 0.2) is 0 Å². The summed E-state index contributed by atoms with van der Waals surface area (Å²) in [6, 6.07) is 0. The van der Waals surface area contributed by atoms with Gasteiger partial charge in [-0.05, 0) is 47.6 Å². The fourth-order valence-electron chi connectivity index (χ4n) is 0.508. The van der Waals surface area contributed by atoms with Crippen LogP contribution in [0.2, 0.25) is 0 Å². The number of nitrogens with zero attached hydrogens (tertiary/aromatic N) is 1. The van der Waals surface area contributed by atoms with Gasteiger partial charge in [-0.25, -0.2) is 4.52 Å². The Hall–Kier alpha value is 1.21. The summed E-state index contributed by atoms with van der Waals surface area (Å²) < 4.78 is 43.6. The van der Waals surface area contributed by atoms with Crippen LogP contribution in [0.3, 0.4) is 0 Å². The Morgan fingerprint density at radius 3 is 2.07 bits per heavy atom. The van der Waals surface area contributed by atoms with Crippen LogP contribution in [0.25, 0.3) is 0 Å². The van der Waals surface area contributed by atoms with Gasteiger partial charge in [0.05, 0.1) is 7.28 Å². The SMILES string of the molecule is CP(C)(=NP(=S)(Cl)Cl)OCC(F)(F)F. The molecule has 0 aliphatic heterocycles. The first kappa shape index (κ1) is 15.2. The van der Waals surface area contributed by atoms with Crippen LogP contribution in [0.4, 0.5) is 13.2 Å². The monoisotopic (exact) mass is 307 g/mol. The second-order valence-corrected chi connectivity index (χ2v) is 13.4. The predicted octanol–water partition coefficient (Wildman–Crippen LogP) is 4.64. The Balaban J connectivity index is 4.52. The van der Waals surface area contributed by atoms with Gasteiger partial charge in [-0.3, -0.25) is 0 Å². The zero-order valence-electron chi connectivity index (χ0n) is 7.26. The van der Waals surface area contributed by atoms with Crippen LogP contribution in [0, 0.1) is 0 Å². The zero-order valence-corrected chi connectivity index (χ0v) is 11.4. The minimum Gasteiger partial charge on any atom is -0.335 e. The van der Waals surface area contributed by atoms with Gasteiger partial charge >= 0.3 is 6.18 Å². The molecule has 86 valence electrons. The van der Waals surface area contributed by atoms with Crippen molar-refractivity contribution in [3.63, 3.8) is 0 Å². The summed E-state index contributed by atoms with van der Waals surface area (Å²) in [4.78, 5) is -2.91. The summed E-state index contributed by atoms with van der Waals surface area (Å²) in [5.74, 6) is 0. The van der Waals surface area contributed by atoms with E-state index in [4.69, 9.17) is 22.5 Å². The lowest BCUT2D eigenvalue weighted by molar-refractivity contribution is -0.152. The largest absolute Gasteiger partial charge is 0.412 e. The zero-order chi connectivity index (χ0) is 11.6. The first-order chi connectivity index (χ1) is 5.91. The lowest BCUT2D eigenvalue weighted by Crippen LogP contribution is -2.15. The molecule has 0 amide bonds. The minimum absolute atomic E-state index is 1.36. The van der Waals surface area contributed by atoms with Crippen molar-refractivity contribution in [3.05, 3.63) is 0 Å². The lowest BCUT2D eigenvalue weighted by Gasteiger charge is -2.17. The fraction of sp³-hybridized carbons (Fsp3) is 1.00. The molecule has 2 nitrogen and oxygen atoms in total. The van der Waals surface area contributed by atoms with Crippen molar-refractivity contribution in [3.8, 4) is 0 Å². The molecule has 0 radical (unpaired) electrons. The first-order valence-electron chi connectivity index (χ1n) is 3.21. The van der Waals surface area contributed by atoms with Crippen LogP contribution in [-0.2, 0) is 16.3 Å². The number of rotatable bonds is 3. The van der Waals surface area contributed by atoms with Gasteiger partial charge in [0, 0.05) is 0 Å². The molecule has 10 heteroatoms. The summed E-state index contributed by atoms with van der Waals surface area (Å²) >= 11 is 15.5. The Bertz CT molecular complexity index is 295. The van der Waals surface area contributed by atoms with Gasteiger partial charge < -0.3 is 4.52 Å². The van der Waals surface area contributed by atoms with E-state index < -0.39 is 25.0 Å². The molecule has 0 atom stereocenters. The smallest absolute Gasteiger partial charge is 0.335 e. The topological polar surface area (TPSA) is 21.6 Å². The molecule has 0 aromatic rings. The molecule has 0 saturated carbocycles. The molecule has 0 N–H and O–H groups in total. The maximum absolute atomic E-state index is 11.8. The van der Waals surface area contributed by atoms with Crippen molar-refractivity contribution < 1.29 is 17.7 Å². The molecule has 0 bridgehead atoms. The van der Waals surface area contributed by atoms with Crippen LogP contribution in [0.1, 0.15) is 0 Å². The number of hydrogen-bond donors (Lipinski definition) is 0. The summed E-state index contributed by atoms with van der Waals surface area (Å²) in [6.45, 7) is 1.48. The molecular formula is C4H8Cl2F3NOP2S. The third kappa shape index (κ3) is 9.75. The van der Waals surface area contributed by atoms with Crippen molar-refractivity contribution in [2.75, 3.05) is 19.9 Å². The standard InChI is InChI=1S/C4H8Cl2F3NOP2S/c1-12(2,10-13(5,6)14)11-3-4(7,8)9/h3H2,1-2H3. The number of alkyl halides is 3. The van der Waals surface area contributed by atoms with Crippen LogP contribution in [-0.4, -0.2) is 26.1 Å². The van der Waals surface area contributed by atoms with E-state index in [1.165, 1.54) is 13.3 Å². The Morgan fingerprint density at radius 1 is 1.36 bits per heavy atom. The normalized spacial score (nSPS) is 14.2. The highest BCUT2D eigenvalue weighted by molar-refractivity contribution is 8.39. The van der Waals surface area contributed by atoms with E-state index in [0.717, 1.165) is 0 Å². The third-order valence-corrected chi connectivity index (χ3v) is 6.06. The Morgan fingerprint density at radius 2 is 1.79 bits per heavy atom. The molecule has 0 spiro atoms. The van der Waals surface area contributed by atoms with Crippen LogP contribution >= 0.6 is 34.7 Å². The number of hydrogen-bond acceptors (Lipinski definition) is 2. The molecule has 0 aromatic carbocycles. The molecule has 0 fully saturated rings. The summed E-state index contributed by atoms with van der Waals surface area (Å²) in [6.07, 6.45) is -4.38. The van der Waals surface area contributed by atoms with E-state index >= 15 is 0 Å². The Kier molecular flexibility index (Phi) is 5.46. The molecule has 0 aliphatic carbocycles. The first-order valence-corrected chi connectivity index (χ1v) is 10.3. The van der Waals surface area contributed by atoms with E-state index in [-0.39, 0.29) is 0 Å². The van der Waals surface area contributed by atoms with E-state index in [1.807, 2.05) is 0 Å². The number of halogens is 5. The molecule has 14 heavy (non-hydrogen) atoms. The van der Waals surface area contributed by atoms with Crippen molar-refractivity contribution in [2.45, 2.75) is 6.18 Å². The second kappa shape index (κ2) is 5.03. The van der Waals surface area contributed by atoms with Gasteiger partial charge in [0.25, 0.3) is 0 Å². The lowest BCUT2D eigenvalue weighted by atomic mass is 10.7. The average molecular weight is 308 g/mol. The molecule has 0 saturated heterocycles. The quantitative estimate of drug-likeness (QED) is 0.708. The highest BCUT2D eigenvalue weighted by Gasteiger charge is 2.29. The maximum Gasteiger partial charge on any atom is 0.412 e. The van der Waals surface area contributed by atoms with E-state index in [2.05, 4.69) is 20.8 Å². The van der Waals surface area contributed by atoms with Gasteiger partial charge in [-0.1, -0.05) is 0 Å². The fourth-order valence-corrected chi connectivity index (χ4v) is 7.70. The van der Waals surface area contributed by atoms with E-state index in [1.54, 1.807) is 0 Å². The van der Waals surface area contributed by atoms with E-state index in [0.29, 0.717) is 0 Å². The summed E-state index contributed by atoms with van der Waals surface area (Å²) in [5.41, 5.74) is 0. The predicted molar refractivity (Wildman–Crippen MR) is 59.2 cm³/mol. The average Bonchev–Trinajstić information content (AvgIpc) is 1.76. The summed E-state index contributed by atoms with van der Waals surface area (Å²) in [5, 5.41) is 0. The molecular weight excluding hydrogens is 300 g/mol. The van der Waals surface area contributed by atoms with Crippen LogP contribution < -0.4 is 0 Å². The Labute approximate surface area is 94.9 Å². The van der Waals surface area contributed by atoms with Gasteiger partial charge in [-0.2, -0.15) is 13.2 Å².